The first kappa shape index (κ1) is 26.4. The van der Waals surface area contributed by atoms with Gasteiger partial charge in [-0.25, -0.2) is 9.78 Å². The lowest BCUT2D eigenvalue weighted by molar-refractivity contribution is -0.142. The summed E-state index contributed by atoms with van der Waals surface area (Å²) in [5.74, 6) is -1.47. The summed E-state index contributed by atoms with van der Waals surface area (Å²) in [6.07, 6.45) is 8.32. The van der Waals surface area contributed by atoms with Crippen LogP contribution >= 0.6 is 0 Å². The van der Waals surface area contributed by atoms with Crippen molar-refractivity contribution in [1.29, 1.82) is 0 Å². The summed E-state index contributed by atoms with van der Waals surface area (Å²) in [6, 6.07) is 1.45. The molecule has 0 aliphatic heterocycles. The summed E-state index contributed by atoms with van der Waals surface area (Å²) in [6.45, 7) is 8.01. The van der Waals surface area contributed by atoms with Gasteiger partial charge in [-0.1, -0.05) is 46.0 Å². The van der Waals surface area contributed by atoms with E-state index in [4.69, 9.17) is 14.2 Å². The van der Waals surface area contributed by atoms with E-state index in [-0.39, 0.29) is 29.7 Å². The van der Waals surface area contributed by atoms with Gasteiger partial charge in [0.25, 0.3) is 5.91 Å². The number of carbonyl (C=O) groups is 3. The van der Waals surface area contributed by atoms with Crippen molar-refractivity contribution in [1.82, 2.24) is 10.3 Å². The minimum absolute atomic E-state index is 0.00975. The van der Waals surface area contributed by atoms with E-state index < -0.39 is 17.8 Å². The highest BCUT2D eigenvalue weighted by atomic mass is 16.5. The molecule has 174 valence electrons. The molecule has 0 aliphatic carbocycles. The quantitative estimate of drug-likeness (QED) is 0.326. The van der Waals surface area contributed by atoms with Crippen molar-refractivity contribution in [2.45, 2.75) is 78.7 Å². The molecule has 8 nitrogen and oxygen atoms in total. The van der Waals surface area contributed by atoms with E-state index in [1.807, 2.05) is 6.92 Å². The molecule has 0 saturated carbocycles. The Labute approximate surface area is 185 Å². The average molecular weight is 437 g/mol. The Hall–Kier alpha value is -2.64. The van der Waals surface area contributed by atoms with Crippen LogP contribution in [0.4, 0.5) is 0 Å². The zero-order valence-electron chi connectivity index (χ0n) is 19.2. The molecule has 0 saturated heterocycles. The molecule has 1 rings (SSSR count). The lowest BCUT2D eigenvalue weighted by Gasteiger charge is -2.14. The lowest BCUT2D eigenvalue weighted by atomic mass is 10.1. The van der Waals surface area contributed by atoms with Crippen molar-refractivity contribution >= 4 is 17.8 Å². The molecule has 1 N–H and O–H groups in total. The number of amides is 1. The Kier molecular flexibility index (Phi) is 12.9. The zero-order valence-corrected chi connectivity index (χ0v) is 19.2. The van der Waals surface area contributed by atoms with Crippen molar-refractivity contribution in [3.05, 3.63) is 23.5 Å². The molecule has 0 aromatic carbocycles. The number of nitrogens with one attached hydrogen (secondary N) is 1. The van der Waals surface area contributed by atoms with Gasteiger partial charge in [-0.05, 0) is 32.8 Å². The van der Waals surface area contributed by atoms with Gasteiger partial charge < -0.3 is 19.5 Å². The number of hydrogen-bond acceptors (Lipinski definition) is 7. The molecule has 1 heterocycles. The monoisotopic (exact) mass is 436 g/mol. The van der Waals surface area contributed by atoms with Crippen LogP contribution in [0.3, 0.4) is 0 Å². The summed E-state index contributed by atoms with van der Waals surface area (Å²) in [5, 5.41) is 2.46. The van der Waals surface area contributed by atoms with Crippen molar-refractivity contribution in [2.24, 2.45) is 0 Å². The van der Waals surface area contributed by atoms with Crippen LogP contribution in [0.5, 0.6) is 5.75 Å². The van der Waals surface area contributed by atoms with Crippen molar-refractivity contribution in [3.63, 3.8) is 0 Å². The minimum atomic E-state index is -0.587. The van der Waals surface area contributed by atoms with Crippen LogP contribution in [0.15, 0.2) is 12.3 Å². The maximum Gasteiger partial charge on any atom is 0.339 e. The van der Waals surface area contributed by atoms with E-state index in [1.54, 1.807) is 13.8 Å². The molecule has 0 spiro atoms. The largest absolute Gasteiger partial charge is 0.489 e. The van der Waals surface area contributed by atoms with Crippen LogP contribution < -0.4 is 10.1 Å². The summed E-state index contributed by atoms with van der Waals surface area (Å²) in [5.41, 5.74) is 0.199. The summed E-state index contributed by atoms with van der Waals surface area (Å²) >= 11 is 0. The Bertz CT molecular complexity index is 705. The van der Waals surface area contributed by atoms with E-state index in [2.05, 4.69) is 17.2 Å². The first-order chi connectivity index (χ1) is 14.9. The van der Waals surface area contributed by atoms with Crippen LogP contribution in [-0.4, -0.2) is 48.7 Å². The molecular weight excluding hydrogens is 400 g/mol. The molecular formula is C23H36N2O6. The topological polar surface area (TPSA) is 104 Å². The number of hydrogen-bond donors (Lipinski definition) is 1. The highest BCUT2D eigenvalue weighted by Crippen LogP contribution is 2.20. The first-order valence-electron chi connectivity index (χ1n) is 11.2. The summed E-state index contributed by atoms with van der Waals surface area (Å²) in [7, 11) is 0. The second-order valence-corrected chi connectivity index (χ2v) is 7.54. The lowest BCUT2D eigenvalue weighted by Crippen LogP contribution is -2.32. The SMILES string of the molecule is CCCCCCCCOC(=O)c1cnc(C(=O)NCC(=O)OCCC)c(OC(C)C)c1. The fourth-order valence-corrected chi connectivity index (χ4v) is 2.70. The van der Waals surface area contributed by atoms with Crippen LogP contribution in [0, 0.1) is 0 Å². The second-order valence-electron chi connectivity index (χ2n) is 7.54. The molecule has 1 aromatic heterocycles. The molecule has 0 unspecified atom stereocenters. The van der Waals surface area contributed by atoms with Crippen LogP contribution in [0.1, 0.15) is 93.5 Å². The normalized spacial score (nSPS) is 10.6. The summed E-state index contributed by atoms with van der Waals surface area (Å²) in [4.78, 5) is 40.5. The molecule has 8 heteroatoms. The molecule has 1 amide bonds. The van der Waals surface area contributed by atoms with Crippen molar-refractivity contribution in [3.8, 4) is 5.75 Å². The fourth-order valence-electron chi connectivity index (χ4n) is 2.70. The Morgan fingerprint density at radius 1 is 0.968 bits per heavy atom. The predicted octanol–water partition coefficient (Wildman–Crippen LogP) is 4.07. The van der Waals surface area contributed by atoms with E-state index >= 15 is 0 Å². The number of ether oxygens (including phenoxy) is 3. The number of pyridine rings is 1. The average Bonchev–Trinajstić information content (AvgIpc) is 2.74. The van der Waals surface area contributed by atoms with E-state index in [1.165, 1.54) is 31.5 Å². The van der Waals surface area contributed by atoms with E-state index in [9.17, 15) is 14.4 Å². The Morgan fingerprint density at radius 2 is 1.68 bits per heavy atom. The second kappa shape index (κ2) is 15.2. The molecule has 0 fully saturated rings. The maximum absolute atomic E-state index is 12.4. The van der Waals surface area contributed by atoms with E-state index in [0.29, 0.717) is 19.6 Å². The highest BCUT2D eigenvalue weighted by Gasteiger charge is 2.20. The molecule has 31 heavy (non-hydrogen) atoms. The van der Waals surface area contributed by atoms with Gasteiger partial charge in [0.2, 0.25) is 0 Å². The van der Waals surface area contributed by atoms with Gasteiger partial charge in [-0.15, -0.1) is 0 Å². The van der Waals surface area contributed by atoms with Gasteiger partial charge in [0.1, 0.15) is 6.54 Å². The first-order valence-corrected chi connectivity index (χ1v) is 11.2. The van der Waals surface area contributed by atoms with Crippen LogP contribution in [-0.2, 0) is 14.3 Å². The molecule has 0 bridgehead atoms. The maximum atomic E-state index is 12.4. The third-order valence-electron chi connectivity index (χ3n) is 4.26. The summed E-state index contributed by atoms with van der Waals surface area (Å²) < 4.78 is 15.9. The molecule has 1 aromatic rings. The van der Waals surface area contributed by atoms with Crippen LogP contribution in [0.2, 0.25) is 0 Å². The van der Waals surface area contributed by atoms with Gasteiger partial charge in [-0.3, -0.25) is 9.59 Å². The van der Waals surface area contributed by atoms with Gasteiger partial charge in [0.05, 0.1) is 24.9 Å². The molecule has 0 radical (unpaired) electrons. The van der Waals surface area contributed by atoms with Crippen molar-refractivity contribution < 1.29 is 28.6 Å². The van der Waals surface area contributed by atoms with Gasteiger partial charge >= 0.3 is 11.9 Å². The number of aromatic nitrogens is 1. The molecule has 0 aliphatic rings. The number of carbonyl (C=O) groups excluding carboxylic acids is 3. The van der Waals surface area contributed by atoms with E-state index in [0.717, 1.165) is 19.3 Å². The van der Waals surface area contributed by atoms with Gasteiger partial charge in [0.15, 0.2) is 11.4 Å². The number of esters is 2. The van der Waals surface area contributed by atoms with Gasteiger partial charge in [0, 0.05) is 6.20 Å². The Morgan fingerprint density at radius 3 is 2.35 bits per heavy atom. The number of nitrogens with zero attached hydrogens (tertiary/aromatic N) is 1. The number of unbranched alkanes of at least 4 members (excludes halogenated alkanes) is 5. The van der Waals surface area contributed by atoms with Crippen LogP contribution in [0.25, 0.3) is 0 Å². The predicted molar refractivity (Wildman–Crippen MR) is 117 cm³/mol. The Balaban J connectivity index is 2.68. The highest BCUT2D eigenvalue weighted by molar-refractivity contribution is 5.98. The fraction of sp³-hybridized carbons (Fsp3) is 0.652. The van der Waals surface area contributed by atoms with Gasteiger partial charge in [-0.2, -0.15) is 0 Å². The molecule has 0 atom stereocenters. The number of rotatable bonds is 15. The smallest absolute Gasteiger partial charge is 0.339 e. The third-order valence-corrected chi connectivity index (χ3v) is 4.26. The zero-order chi connectivity index (χ0) is 23.1. The third kappa shape index (κ3) is 10.8. The standard InChI is InChI=1S/C23H36N2O6/c1-5-7-8-9-10-11-13-30-23(28)18-14-19(31-17(3)4)21(24-15-18)22(27)25-16-20(26)29-12-6-2/h14-15,17H,5-13,16H2,1-4H3,(H,25,27). The minimum Gasteiger partial charge on any atom is -0.489 e. The van der Waals surface area contributed by atoms with Crippen molar-refractivity contribution in [2.75, 3.05) is 19.8 Å².